The number of rotatable bonds is 1. The van der Waals surface area contributed by atoms with Crippen LogP contribution < -0.4 is 5.32 Å². The van der Waals surface area contributed by atoms with Gasteiger partial charge in [0.1, 0.15) is 18.2 Å². The molecule has 0 bridgehead atoms. The molecule has 0 aliphatic carbocycles. The molecule has 6 heteroatoms. The van der Waals surface area contributed by atoms with Gasteiger partial charge in [0.2, 0.25) is 5.91 Å². The molecule has 82 valence electrons. The van der Waals surface area contributed by atoms with Crippen LogP contribution in [-0.2, 0) is 9.53 Å². The summed E-state index contributed by atoms with van der Waals surface area (Å²) < 4.78 is 4.91. The minimum atomic E-state index is -1.30. The maximum absolute atomic E-state index is 10.7. The predicted octanol–water partition coefficient (Wildman–Crippen LogP) is -2.05. The summed E-state index contributed by atoms with van der Waals surface area (Å²) in [4.78, 5) is 10.7. The second-order valence-corrected chi connectivity index (χ2v) is 3.44. The second kappa shape index (κ2) is 4.22. The Morgan fingerprint density at radius 3 is 2.36 bits per heavy atom. The van der Waals surface area contributed by atoms with Crippen molar-refractivity contribution in [3.05, 3.63) is 0 Å². The van der Waals surface area contributed by atoms with Crippen LogP contribution >= 0.6 is 0 Å². The molecular formula is C8H15NO5. The summed E-state index contributed by atoms with van der Waals surface area (Å²) in [6, 6.07) is -0.987. The van der Waals surface area contributed by atoms with Gasteiger partial charge in [-0.05, 0) is 6.92 Å². The summed E-state index contributed by atoms with van der Waals surface area (Å²) in [6.07, 6.45) is -4.30. The van der Waals surface area contributed by atoms with Gasteiger partial charge in [-0.15, -0.1) is 0 Å². The quantitative estimate of drug-likeness (QED) is 0.395. The first-order valence-corrected chi connectivity index (χ1v) is 4.40. The molecule has 0 spiro atoms. The van der Waals surface area contributed by atoms with Gasteiger partial charge < -0.3 is 25.4 Å². The number of aliphatic hydroxyl groups excluding tert-OH is 3. The average Bonchev–Trinajstić information content (AvgIpc) is 2.09. The van der Waals surface area contributed by atoms with E-state index in [1.165, 1.54) is 13.8 Å². The number of hydrogen-bond acceptors (Lipinski definition) is 5. The topological polar surface area (TPSA) is 99.0 Å². The van der Waals surface area contributed by atoms with Gasteiger partial charge in [0.15, 0.2) is 6.29 Å². The van der Waals surface area contributed by atoms with Gasteiger partial charge in [0.05, 0.1) is 6.10 Å². The van der Waals surface area contributed by atoms with Crippen molar-refractivity contribution in [1.82, 2.24) is 5.32 Å². The van der Waals surface area contributed by atoms with Crippen molar-refractivity contribution in [3.8, 4) is 0 Å². The average molecular weight is 205 g/mol. The monoisotopic (exact) mass is 205 g/mol. The van der Waals surface area contributed by atoms with Crippen molar-refractivity contribution in [2.24, 2.45) is 0 Å². The Bertz CT molecular complexity index is 222. The van der Waals surface area contributed by atoms with E-state index in [2.05, 4.69) is 5.32 Å². The van der Waals surface area contributed by atoms with Crippen LogP contribution in [0.2, 0.25) is 0 Å². The van der Waals surface area contributed by atoms with Gasteiger partial charge in [-0.3, -0.25) is 4.79 Å². The summed E-state index contributed by atoms with van der Waals surface area (Å²) in [5.41, 5.74) is 0. The zero-order chi connectivity index (χ0) is 10.9. The Balaban J connectivity index is 2.68. The lowest BCUT2D eigenvalue weighted by atomic mass is 9.98. The van der Waals surface area contributed by atoms with E-state index in [1.54, 1.807) is 0 Å². The van der Waals surface area contributed by atoms with Crippen LogP contribution in [0.1, 0.15) is 13.8 Å². The van der Waals surface area contributed by atoms with Crippen molar-refractivity contribution in [2.45, 2.75) is 44.5 Å². The molecule has 1 rings (SSSR count). The lowest BCUT2D eigenvalue weighted by Gasteiger charge is -2.39. The highest BCUT2D eigenvalue weighted by Gasteiger charge is 2.42. The zero-order valence-electron chi connectivity index (χ0n) is 8.04. The number of ether oxygens (including phenoxy) is 1. The van der Waals surface area contributed by atoms with Crippen LogP contribution in [0.4, 0.5) is 0 Å². The van der Waals surface area contributed by atoms with Gasteiger partial charge in [-0.1, -0.05) is 0 Å². The maximum Gasteiger partial charge on any atom is 0.217 e. The minimum absolute atomic E-state index is 0.404. The van der Waals surface area contributed by atoms with E-state index in [-0.39, 0.29) is 0 Å². The Morgan fingerprint density at radius 2 is 1.86 bits per heavy atom. The Morgan fingerprint density at radius 1 is 1.29 bits per heavy atom. The molecule has 6 nitrogen and oxygen atoms in total. The number of nitrogens with one attached hydrogen (secondary N) is 1. The fourth-order valence-corrected chi connectivity index (χ4v) is 1.44. The van der Waals surface area contributed by atoms with Gasteiger partial charge in [-0.2, -0.15) is 0 Å². The molecule has 0 aromatic heterocycles. The summed E-state index contributed by atoms with van der Waals surface area (Å²) in [5, 5.41) is 30.6. The summed E-state index contributed by atoms with van der Waals surface area (Å²) >= 11 is 0. The number of carbonyl (C=O) groups excluding carboxylic acids is 1. The van der Waals surface area contributed by atoms with Gasteiger partial charge in [-0.25, -0.2) is 0 Å². The van der Waals surface area contributed by atoms with Crippen molar-refractivity contribution in [1.29, 1.82) is 0 Å². The molecule has 1 aliphatic heterocycles. The smallest absolute Gasteiger partial charge is 0.217 e. The van der Waals surface area contributed by atoms with E-state index in [0.717, 1.165) is 0 Å². The van der Waals surface area contributed by atoms with Gasteiger partial charge in [0.25, 0.3) is 0 Å². The third-order valence-corrected chi connectivity index (χ3v) is 2.23. The minimum Gasteiger partial charge on any atom is -0.388 e. The Kier molecular flexibility index (Phi) is 3.43. The standard InChI is InChI=1S/C8H15NO5/c1-3-6(11)7(12)5(8(13)14-3)9-4(2)10/h3,5-8,11-13H,1-2H3,(H,9,10)/t3-,5+,6-,7+,8?/m0/s1. The molecule has 0 saturated carbocycles. The molecule has 4 N–H and O–H groups in total. The van der Waals surface area contributed by atoms with Crippen LogP contribution in [0.5, 0.6) is 0 Å². The van der Waals surface area contributed by atoms with E-state index in [9.17, 15) is 20.1 Å². The maximum atomic E-state index is 10.7. The molecule has 1 aliphatic rings. The van der Waals surface area contributed by atoms with Crippen LogP contribution in [0.15, 0.2) is 0 Å². The van der Waals surface area contributed by atoms with E-state index >= 15 is 0 Å². The molecule has 5 atom stereocenters. The SMILES string of the molecule is CC(=O)N[C@H]1C(O)O[C@@H](C)[C@H](O)[C@@H]1O. The van der Waals surface area contributed by atoms with Crippen molar-refractivity contribution in [3.63, 3.8) is 0 Å². The Hall–Kier alpha value is -0.690. The zero-order valence-corrected chi connectivity index (χ0v) is 8.04. The summed E-state index contributed by atoms with van der Waals surface area (Å²) in [6.45, 7) is 2.78. The lowest BCUT2D eigenvalue weighted by Crippen LogP contribution is -2.62. The highest BCUT2D eigenvalue weighted by Crippen LogP contribution is 2.19. The molecule has 1 saturated heterocycles. The highest BCUT2D eigenvalue weighted by atomic mass is 16.6. The summed E-state index contributed by atoms with van der Waals surface area (Å²) in [5.74, 6) is -0.404. The van der Waals surface area contributed by atoms with E-state index in [0.29, 0.717) is 0 Å². The molecular weight excluding hydrogens is 190 g/mol. The molecule has 1 heterocycles. The second-order valence-electron chi connectivity index (χ2n) is 3.44. The highest BCUT2D eigenvalue weighted by molar-refractivity contribution is 5.73. The molecule has 0 aromatic carbocycles. The molecule has 1 unspecified atom stereocenters. The van der Waals surface area contributed by atoms with Crippen molar-refractivity contribution in [2.75, 3.05) is 0 Å². The normalized spacial score (nSPS) is 43.4. The summed E-state index contributed by atoms with van der Waals surface area (Å²) in [7, 11) is 0. The number of carbonyl (C=O) groups is 1. The van der Waals surface area contributed by atoms with Crippen LogP contribution in [0.3, 0.4) is 0 Å². The van der Waals surface area contributed by atoms with Crippen molar-refractivity contribution >= 4 is 5.91 Å². The fourth-order valence-electron chi connectivity index (χ4n) is 1.44. The van der Waals surface area contributed by atoms with Gasteiger partial charge >= 0.3 is 0 Å². The third-order valence-electron chi connectivity index (χ3n) is 2.23. The Labute approximate surface area is 81.5 Å². The molecule has 1 fully saturated rings. The fraction of sp³-hybridized carbons (Fsp3) is 0.875. The number of amides is 1. The van der Waals surface area contributed by atoms with Gasteiger partial charge in [0, 0.05) is 6.92 Å². The third kappa shape index (κ3) is 2.21. The van der Waals surface area contributed by atoms with Crippen LogP contribution in [-0.4, -0.2) is 51.9 Å². The first-order chi connectivity index (χ1) is 6.43. The largest absolute Gasteiger partial charge is 0.388 e. The van der Waals surface area contributed by atoms with Crippen LogP contribution in [0, 0.1) is 0 Å². The number of hydrogen-bond donors (Lipinski definition) is 4. The first-order valence-electron chi connectivity index (χ1n) is 4.40. The van der Waals surface area contributed by atoms with Crippen molar-refractivity contribution < 1.29 is 24.9 Å². The molecule has 1 amide bonds. The molecule has 14 heavy (non-hydrogen) atoms. The van der Waals surface area contributed by atoms with E-state index < -0.39 is 36.6 Å². The molecule has 0 aromatic rings. The van der Waals surface area contributed by atoms with E-state index in [4.69, 9.17) is 4.74 Å². The number of aliphatic hydroxyl groups is 3. The lowest BCUT2D eigenvalue weighted by molar-refractivity contribution is -0.242. The van der Waals surface area contributed by atoms with E-state index in [1.807, 2.05) is 0 Å². The predicted molar refractivity (Wildman–Crippen MR) is 46.2 cm³/mol. The van der Waals surface area contributed by atoms with Crippen LogP contribution in [0.25, 0.3) is 0 Å². The molecule has 0 radical (unpaired) electrons. The first kappa shape index (κ1) is 11.4.